The van der Waals surface area contributed by atoms with Gasteiger partial charge in [0.2, 0.25) is 0 Å². The number of ether oxygens (including phenoxy) is 2. The lowest BCUT2D eigenvalue weighted by Crippen LogP contribution is -2.41. The van der Waals surface area contributed by atoms with Gasteiger partial charge in [-0.05, 0) is 25.2 Å². The van der Waals surface area contributed by atoms with Crippen LogP contribution in [0.5, 0.6) is 0 Å². The molecule has 0 aliphatic heterocycles. The molecule has 2 atom stereocenters. The maximum Gasteiger partial charge on any atom is 0.0945 e. The summed E-state index contributed by atoms with van der Waals surface area (Å²) in [7, 11) is 0. The van der Waals surface area contributed by atoms with Crippen molar-refractivity contribution >= 4 is 0 Å². The minimum absolute atomic E-state index is 0.114. The molecule has 4 N–H and O–H groups in total. The molecular formula is C16H34N2O2. The second kappa shape index (κ2) is 11.5. The Kier molecular flexibility index (Phi) is 10.3. The molecule has 0 spiro atoms. The minimum Gasteiger partial charge on any atom is -0.361 e. The fraction of sp³-hybridized carbons (Fsp3) is 1.00. The molecule has 1 rings (SSSR count). The van der Waals surface area contributed by atoms with E-state index in [0.717, 1.165) is 6.42 Å². The topological polar surface area (TPSA) is 70.5 Å². The molecule has 1 saturated carbocycles. The standard InChI is InChI=1S/C16H34N2O2/c1-2-3-4-8-11-15(19-12-17)16(20-13-18)14-9-6-5-7-10-14/h14-16H,2-13,17-18H2,1H3. The summed E-state index contributed by atoms with van der Waals surface area (Å²) < 4.78 is 11.6. The Morgan fingerprint density at radius 3 is 2.25 bits per heavy atom. The average Bonchev–Trinajstić information content (AvgIpc) is 2.49. The molecule has 0 heterocycles. The lowest BCUT2D eigenvalue weighted by molar-refractivity contribution is -0.105. The molecule has 1 aliphatic carbocycles. The van der Waals surface area contributed by atoms with E-state index >= 15 is 0 Å². The molecule has 0 bridgehead atoms. The van der Waals surface area contributed by atoms with Crippen molar-refractivity contribution in [3.05, 3.63) is 0 Å². The second-order valence-electron chi connectivity index (χ2n) is 5.92. The van der Waals surface area contributed by atoms with Crippen molar-refractivity contribution in [1.29, 1.82) is 0 Å². The molecule has 1 fully saturated rings. The average molecular weight is 286 g/mol. The third-order valence-corrected chi connectivity index (χ3v) is 4.42. The summed E-state index contributed by atoms with van der Waals surface area (Å²) >= 11 is 0. The van der Waals surface area contributed by atoms with E-state index in [-0.39, 0.29) is 25.7 Å². The highest BCUT2D eigenvalue weighted by Gasteiger charge is 2.31. The van der Waals surface area contributed by atoms with Crippen molar-refractivity contribution in [2.45, 2.75) is 83.3 Å². The number of hydrogen-bond donors (Lipinski definition) is 2. The van der Waals surface area contributed by atoms with E-state index in [2.05, 4.69) is 6.92 Å². The van der Waals surface area contributed by atoms with E-state index in [9.17, 15) is 0 Å². The Morgan fingerprint density at radius 1 is 0.950 bits per heavy atom. The Hall–Kier alpha value is -0.160. The molecule has 0 amide bonds. The number of rotatable bonds is 11. The van der Waals surface area contributed by atoms with E-state index in [4.69, 9.17) is 20.9 Å². The predicted octanol–water partition coefficient (Wildman–Crippen LogP) is 3.14. The zero-order valence-corrected chi connectivity index (χ0v) is 13.2. The lowest BCUT2D eigenvalue weighted by atomic mass is 9.82. The summed E-state index contributed by atoms with van der Waals surface area (Å²) in [4.78, 5) is 0. The van der Waals surface area contributed by atoms with Gasteiger partial charge in [-0.15, -0.1) is 0 Å². The molecular weight excluding hydrogens is 252 g/mol. The van der Waals surface area contributed by atoms with Crippen LogP contribution in [0, 0.1) is 5.92 Å². The van der Waals surface area contributed by atoms with Gasteiger partial charge in [-0.3, -0.25) is 0 Å². The quantitative estimate of drug-likeness (QED) is 0.452. The van der Waals surface area contributed by atoms with Crippen molar-refractivity contribution in [3.63, 3.8) is 0 Å². The van der Waals surface area contributed by atoms with Crippen LogP contribution >= 0.6 is 0 Å². The SMILES string of the molecule is CCCCCCC(OCN)C(OCN)C1CCCCC1. The van der Waals surface area contributed by atoms with Crippen LogP contribution in [-0.4, -0.2) is 25.7 Å². The molecule has 4 nitrogen and oxygen atoms in total. The van der Waals surface area contributed by atoms with Gasteiger partial charge in [-0.25, -0.2) is 0 Å². The summed E-state index contributed by atoms with van der Waals surface area (Å²) in [6, 6.07) is 0. The molecule has 0 aromatic rings. The van der Waals surface area contributed by atoms with Gasteiger partial charge < -0.3 is 20.9 Å². The van der Waals surface area contributed by atoms with Gasteiger partial charge in [-0.2, -0.15) is 0 Å². The summed E-state index contributed by atoms with van der Waals surface area (Å²) in [5, 5.41) is 0. The van der Waals surface area contributed by atoms with Gasteiger partial charge in [0.1, 0.15) is 0 Å². The third-order valence-electron chi connectivity index (χ3n) is 4.42. The van der Waals surface area contributed by atoms with Crippen LogP contribution in [-0.2, 0) is 9.47 Å². The van der Waals surface area contributed by atoms with Crippen LogP contribution in [0.1, 0.15) is 71.1 Å². The third kappa shape index (κ3) is 6.53. The summed E-state index contributed by atoms with van der Waals surface area (Å²) in [6.07, 6.45) is 12.7. The molecule has 0 saturated heterocycles. The number of hydrogen-bond acceptors (Lipinski definition) is 4. The predicted molar refractivity (Wildman–Crippen MR) is 83.2 cm³/mol. The normalized spacial score (nSPS) is 19.9. The highest BCUT2D eigenvalue weighted by Crippen LogP contribution is 2.31. The minimum atomic E-state index is 0.114. The van der Waals surface area contributed by atoms with E-state index in [1.165, 1.54) is 57.8 Å². The lowest BCUT2D eigenvalue weighted by Gasteiger charge is -2.35. The zero-order chi connectivity index (χ0) is 14.6. The zero-order valence-electron chi connectivity index (χ0n) is 13.2. The maximum atomic E-state index is 5.85. The van der Waals surface area contributed by atoms with Crippen LogP contribution in [0.3, 0.4) is 0 Å². The molecule has 0 aromatic heterocycles. The number of nitrogens with two attached hydrogens (primary N) is 2. The Balaban J connectivity index is 2.51. The van der Waals surface area contributed by atoms with Gasteiger partial charge in [0.15, 0.2) is 0 Å². The van der Waals surface area contributed by atoms with Crippen LogP contribution < -0.4 is 11.5 Å². The van der Waals surface area contributed by atoms with Crippen molar-refractivity contribution < 1.29 is 9.47 Å². The van der Waals surface area contributed by atoms with E-state index in [1.54, 1.807) is 0 Å². The van der Waals surface area contributed by atoms with E-state index in [1.807, 2.05) is 0 Å². The fourth-order valence-corrected chi connectivity index (χ4v) is 3.36. The largest absolute Gasteiger partial charge is 0.361 e. The molecule has 0 aromatic carbocycles. The summed E-state index contributed by atoms with van der Waals surface area (Å²) in [5.74, 6) is 0.593. The Bertz CT molecular complexity index is 221. The molecule has 20 heavy (non-hydrogen) atoms. The maximum absolute atomic E-state index is 5.85. The van der Waals surface area contributed by atoms with Crippen molar-refractivity contribution in [2.75, 3.05) is 13.5 Å². The van der Waals surface area contributed by atoms with Gasteiger partial charge in [0, 0.05) is 0 Å². The van der Waals surface area contributed by atoms with Crippen LogP contribution in [0.2, 0.25) is 0 Å². The molecule has 2 unspecified atom stereocenters. The monoisotopic (exact) mass is 286 g/mol. The highest BCUT2D eigenvalue weighted by molar-refractivity contribution is 4.81. The summed E-state index contributed by atoms with van der Waals surface area (Å²) in [6.45, 7) is 2.78. The van der Waals surface area contributed by atoms with Gasteiger partial charge in [0.25, 0.3) is 0 Å². The van der Waals surface area contributed by atoms with Crippen LogP contribution in [0.4, 0.5) is 0 Å². The van der Waals surface area contributed by atoms with E-state index < -0.39 is 0 Å². The van der Waals surface area contributed by atoms with Crippen molar-refractivity contribution in [2.24, 2.45) is 17.4 Å². The smallest absolute Gasteiger partial charge is 0.0945 e. The summed E-state index contributed by atoms with van der Waals surface area (Å²) in [5.41, 5.74) is 11.3. The first-order valence-corrected chi connectivity index (χ1v) is 8.46. The first kappa shape index (κ1) is 17.9. The molecule has 1 aliphatic rings. The molecule has 0 radical (unpaired) electrons. The van der Waals surface area contributed by atoms with Crippen LogP contribution in [0.25, 0.3) is 0 Å². The van der Waals surface area contributed by atoms with E-state index in [0.29, 0.717) is 5.92 Å². The fourth-order valence-electron chi connectivity index (χ4n) is 3.36. The highest BCUT2D eigenvalue weighted by atomic mass is 16.5. The second-order valence-corrected chi connectivity index (χ2v) is 5.92. The molecule has 120 valence electrons. The first-order valence-electron chi connectivity index (χ1n) is 8.46. The molecule has 4 heteroatoms. The van der Waals surface area contributed by atoms with Crippen LogP contribution in [0.15, 0.2) is 0 Å². The van der Waals surface area contributed by atoms with Crippen molar-refractivity contribution in [3.8, 4) is 0 Å². The Labute approximate surface area is 124 Å². The van der Waals surface area contributed by atoms with Gasteiger partial charge in [0.05, 0.1) is 25.7 Å². The number of unbranched alkanes of at least 4 members (excludes halogenated alkanes) is 3. The first-order chi connectivity index (χ1) is 9.83. The van der Waals surface area contributed by atoms with Crippen molar-refractivity contribution in [1.82, 2.24) is 0 Å². The van der Waals surface area contributed by atoms with Gasteiger partial charge >= 0.3 is 0 Å². The van der Waals surface area contributed by atoms with Gasteiger partial charge in [-0.1, -0.05) is 51.9 Å². The Morgan fingerprint density at radius 2 is 1.65 bits per heavy atom.